The van der Waals surface area contributed by atoms with Gasteiger partial charge < -0.3 is 9.84 Å². The van der Waals surface area contributed by atoms with Crippen LogP contribution in [0.2, 0.25) is 5.02 Å². The zero-order valence-corrected chi connectivity index (χ0v) is 16.2. The smallest absolute Gasteiger partial charge is 0.303 e. The first-order valence-corrected chi connectivity index (χ1v) is 9.37. The minimum absolute atomic E-state index is 0.0847. The molecule has 0 aliphatic rings. The van der Waals surface area contributed by atoms with Crippen LogP contribution in [0.15, 0.2) is 35.4 Å². The molecule has 25 heavy (non-hydrogen) atoms. The van der Waals surface area contributed by atoms with Crippen LogP contribution >= 0.6 is 23.4 Å². The molecule has 4 nitrogen and oxygen atoms in total. The largest absolute Gasteiger partial charge is 0.487 e. The number of rotatable bonds is 8. The molecule has 0 radical (unpaired) electrons. The minimum Gasteiger partial charge on any atom is -0.487 e. The van der Waals surface area contributed by atoms with Gasteiger partial charge in [0.15, 0.2) is 0 Å². The molecular formula is C19H22ClNO3S. The van der Waals surface area contributed by atoms with E-state index in [9.17, 15) is 4.79 Å². The second-order valence-corrected chi connectivity index (χ2v) is 8.00. The molecule has 0 atom stereocenters. The Morgan fingerprint density at radius 2 is 2.08 bits per heavy atom. The number of benzene rings is 1. The quantitative estimate of drug-likeness (QED) is 0.643. The minimum atomic E-state index is -0.821. The Morgan fingerprint density at radius 1 is 1.32 bits per heavy atom. The molecule has 0 saturated heterocycles. The SMILES string of the molecule is Cc1ccc(COc2ccc(CCC(=O)O)cc2Cl)c(SC(C)C)n1. The third-order valence-electron chi connectivity index (χ3n) is 3.43. The van der Waals surface area contributed by atoms with E-state index in [4.69, 9.17) is 21.4 Å². The predicted molar refractivity (Wildman–Crippen MR) is 102 cm³/mol. The Hall–Kier alpha value is -1.72. The number of aryl methyl sites for hydroxylation is 2. The van der Waals surface area contributed by atoms with Crippen molar-refractivity contribution in [1.82, 2.24) is 4.98 Å². The summed E-state index contributed by atoms with van der Waals surface area (Å²) in [5.74, 6) is -0.236. The maximum absolute atomic E-state index is 10.7. The van der Waals surface area contributed by atoms with E-state index >= 15 is 0 Å². The summed E-state index contributed by atoms with van der Waals surface area (Å²) in [6.45, 7) is 6.62. The van der Waals surface area contributed by atoms with Crippen molar-refractivity contribution < 1.29 is 14.6 Å². The summed E-state index contributed by atoms with van der Waals surface area (Å²) in [4.78, 5) is 15.2. The Labute approximate surface area is 157 Å². The number of aromatic nitrogens is 1. The van der Waals surface area contributed by atoms with Gasteiger partial charge >= 0.3 is 5.97 Å². The fourth-order valence-corrected chi connectivity index (χ4v) is 3.40. The lowest BCUT2D eigenvalue weighted by Gasteiger charge is -2.13. The van der Waals surface area contributed by atoms with Crippen molar-refractivity contribution >= 4 is 29.3 Å². The average molecular weight is 380 g/mol. The molecule has 2 aromatic rings. The molecule has 0 unspecified atom stereocenters. The number of carbonyl (C=O) groups is 1. The predicted octanol–water partition coefficient (Wildman–Crippen LogP) is 5.14. The molecule has 1 aromatic carbocycles. The highest BCUT2D eigenvalue weighted by atomic mass is 35.5. The van der Waals surface area contributed by atoms with Crippen LogP contribution < -0.4 is 4.74 Å². The maximum Gasteiger partial charge on any atom is 0.303 e. The van der Waals surface area contributed by atoms with Gasteiger partial charge in [-0.3, -0.25) is 4.79 Å². The molecule has 1 aromatic heterocycles. The van der Waals surface area contributed by atoms with E-state index in [0.29, 0.717) is 29.0 Å². The van der Waals surface area contributed by atoms with Gasteiger partial charge in [0, 0.05) is 22.9 Å². The van der Waals surface area contributed by atoms with E-state index < -0.39 is 5.97 Å². The summed E-state index contributed by atoms with van der Waals surface area (Å²) in [5.41, 5.74) is 2.89. The third kappa shape index (κ3) is 6.25. The monoisotopic (exact) mass is 379 g/mol. The lowest BCUT2D eigenvalue weighted by molar-refractivity contribution is -0.136. The van der Waals surface area contributed by atoms with Crippen molar-refractivity contribution in [1.29, 1.82) is 0 Å². The van der Waals surface area contributed by atoms with Crippen LogP contribution in [-0.2, 0) is 17.8 Å². The summed E-state index contributed by atoms with van der Waals surface area (Å²) in [6, 6.07) is 9.40. The molecule has 0 aliphatic carbocycles. The highest BCUT2D eigenvalue weighted by Gasteiger charge is 2.10. The summed E-state index contributed by atoms with van der Waals surface area (Å²) in [5, 5.41) is 10.6. The number of carboxylic acid groups (broad SMARTS) is 1. The number of aliphatic carboxylic acids is 1. The molecule has 2 rings (SSSR count). The second-order valence-electron chi connectivity index (χ2n) is 6.03. The number of ether oxygens (including phenoxy) is 1. The molecule has 6 heteroatoms. The van der Waals surface area contributed by atoms with Gasteiger partial charge in [0.2, 0.25) is 0 Å². The van der Waals surface area contributed by atoms with Crippen LogP contribution in [0.25, 0.3) is 0 Å². The van der Waals surface area contributed by atoms with Crippen LogP contribution in [0.1, 0.15) is 37.1 Å². The van der Waals surface area contributed by atoms with Crippen molar-refractivity contribution in [3.8, 4) is 5.75 Å². The summed E-state index contributed by atoms with van der Waals surface area (Å²) in [6.07, 6.45) is 0.535. The maximum atomic E-state index is 10.7. The topological polar surface area (TPSA) is 59.4 Å². The lowest BCUT2D eigenvalue weighted by Crippen LogP contribution is -2.02. The molecule has 1 heterocycles. The van der Waals surface area contributed by atoms with E-state index in [1.807, 2.05) is 25.1 Å². The van der Waals surface area contributed by atoms with E-state index in [1.54, 1.807) is 23.9 Å². The Morgan fingerprint density at radius 3 is 2.72 bits per heavy atom. The van der Waals surface area contributed by atoms with Gasteiger partial charge in [-0.25, -0.2) is 4.98 Å². The van der Waals surface area contributed by atoms with Crippen LogP contribution in [-0.4, -0.2) is 21.3 Å². The first-order chi connectivity index (χ1) is 11.8. The Kier molecular flexibility index (Phi) is 7.14. The molecule has 134 valence electrons. The second kappa shape index (κ2) is 9.11. The van der Waals surface area contributed by atoms with Crippen molar-refractivity contribution in [2.75, 3.05) is 0 Å². The van der Waals surface area contributed by atoms with Gasteiger partial charge in [0.05, 0.1) is 5.02 Å². The zero-order chi connectivity index (χ0) is 18.4. The standard InChI is InChI=1S/C19H22ClNO3S/c1-12(2)25-19-15(7-4-13(3)21-19)11-24-17-8-5-14(10-16(17)20)6-9-18(22)23/h4-5,7-8,10,12H,6,9,11H2,1-3H3,(H,22,23). The van der Waals surface area contributed by atoms with Crippen LogP contribution in [0.4, 0.5) is 0 Å². The molecule has 0 amide bonds. The third-order valence-corrected chi connectivity index (χ3v) is 4.78. The molecule has 0 fully saturated rings. The summed E-state index contributed by atoms with van der Waals surface area (Å²) < 4.78 is 5.86. The van der Waals surface area contributed by atoms with Gasteiger partial charge in [0.1, 0.15) is 17.4 Å². The van der Waals surface area contributed by atoms with E-state index in [-0.39, 0.29) is 6.42 Å². The highest BCUT2D eigenvalue weighted by Crippen LogP contribution is 2.29. The first-order valence-electron chi connectivity index (χ1n) is 8.11. The van der Waals surface area contributed by atoms with Gasteiger partial charge in [-0.05, 0) is 37.1 Å². The highest BCUT2D eigenvalue weighted by molar-refractivity contribution is 7.99. The average Bonchev–Trinajstić information content (AvgIpc) is 2.53. The molecule has 1 N–H and O–H groups in total. The number of hydrogen-bond donors (Lipinski definition) is 1. The van der Waals surface area contributed by atoms with E-state index in [2.05, 4.69) is 18.8 Å². The van der Waals surface area contributed by atoms with Crippen LogP contribution in [0, 0.1) is 6.92 Å². The number of halogens is 1. The fraction of sp³-hybridized carbons (Fsp3) is 0.368. The Bertz CT molecular complexity index is 749. The van der Waals surface area contributed by atoms with Crippen LogP contribution in [0.3, 0.4) is 0 Å². The Balaban J connectivity index is 2.07. The number of nitrogens with zero attached hydrogens (tertiary/aromatic N) is 1. The number of thioether (sulfide) groups is 1. The molecule has 0 saturated carbocycles. The number of pyridine rings is 1. The zero-order valence-electron chi connectivity index (χ0n) is 14.6. The van der Waals surface area contributed by atoms with E-state index in [0.717, 1.165) is 21.8 Å². The van der Waals surface area contributed by atoms with Gasteiger partial charge in [-0.2, -0.15) is 0 Å². The fourth-order valence-electron chi connectivity index (χ4n) is 2.22. The normalized spacial score (nSPS) is 10.9. The van der Waals surface area contributed by atoms with Gasteiger partial charge in [-0.15, -0.1) is 11.8 Å². The van der Waals surface area contributed by atoms with Crippen molar-refractivity contribution in [3.05, 3.63) is 52.2 Å². The molecule has 0 aliphatic heterocycles. The van der Waals surface area contributed by atoms with Gasteiger partial charge in [0.25, 0.3) is 0 Å². The lowest BCUT2D eigenvalue weighted by atomic mass is 10.1. The van der Waals surface area contributed by atoms with Crippen molar-refractivity contribution in [2.24, 2.45) is 0 Å². The van der Waals surface area contributed by atoms with Crippen molar-refractivity contribution in [2.45, 2.75) is 50.5 Å². The van der Waals surface area contributed by atoms with Crippen molar-refractivity contribution in [3.63, 3.8) is 0 Å². The van der Waals surface area contributed by atoms with Crippen LogP contribution in [0.5, 0.6) is 5.75 Å². The van der Waals surface area contributed by atoms with Gasteiger partial charge in [-0.1, -0.05) is 37.6 Å². The number of hydrogen-bond acceptors (Lipinski definition) is 4. The molecule has 0 spiro atoms. The number of carboxylic acids is 1. The molecular weight excluding hydrogens is 358 g/mol. The summed E-state index contributed by atoms with van der Waals surface area (Å²) >= 11 is 7.98. The first kappa shape index (κ1) is 19.6. The molecule has 0 bridgehead atoms. The summed E-state index contributed by atoms with van der Waals surface area (Å²) in [7, 11) is 0. The van der Waals surface area contributed by atoms with E-state index in [1.165, 1.54) is 0 Å².